The minimum Gasteiger partial charge on any atom is -0.497 e. The van der Waals surface area contributed by atoms with E-state index in [0.717, 1.165) is 48.2 Å². The normalized spacial score (nSPS) is 22.4. The summed E-state index contributed by atoms with van der Waals surface area (Å²) in [6.45, 7) is 3.59. The molecule has 2 atom stereocenters. The van der Waals surface area contributed by atoms with Crippen molar-refractivity contribution in [2.24, 2.45) is 0 Å². The summed E-state index contributed by atoms with van der Waals surface area (Å²) >= 11 is 1.49. The lowest BCUT2D eigenvalue weighted by Gasteiger charge is -2.34. The minimum absolute atomic E-state index is 0.147. The van der Waals surface area contributed by atoms with Crippen molar-refractivity contribution in [1.29, 1.82) is 0 Å². The quantitative estimate of drug-likeness (QED) is 0.903. The third-order valence-electron chi connectivity index (χ3n) is 4.73. The highest BCUT2D eigenvalue weighted by molar-refractivity contribution is 8.00. The molecule has 3 heterocycles. The van der Waals surface area contributed by atoms with Crippen molar-refractivity contribution < 1.29 is 9.53 Å². The SMILES string of the molecule is COc1ccc(C2Nn3c(C)nnc3SC2C(=O)N2CCCC2)cc1. The lowest BCUT2D eigenvalue weighted by Crippen LogP contribution is -2.45. The van der Waals surface area contributed by atoms with E-state index in [-0.39, 0.29) is 17.2 Å². The second kappa shape index (κ2) is 6.59. The summed E-state index contributed by atoms with van der Waals surface area (Å²) in [6, 6.07) is 7.71. The van der Waals surface area contributed by atoms with E-state index in [4.69, 9.17) is 4.74 Å². The number of aryl methyl sites for hydroxylation is 1. The number of aromatic nitrogens is 3. The maximum atomic E-state index is 13.1. The first-order valence-electron chi connectivity index (χ1n) is 8.45. The molecule has 2 aliphatic heterocycles. The minimum atomic E-state index is -0.261. The average molecular weight is 359 g/mol. The Bertz CT molecular complexity index is 770. The molecule has 132 valence electrons. The van der Waals surface area contributed by atoms with E-state index in [1.54, 1.807) is 7.11 Å². The van der Waals surface area contributed by atoms with Gasteiger partial charge in [0.2, 0.25) is 11.1 Å². The smallest absolute Gasteiger partial charge is 0.238 e. The number of methoxy groups -OCH3 is 1. The molecule has 2 aliphatic rings. The summed E-state index contributed by atoms with van der Waals surface area (Å²) in [5.74, 6) is 1.76. The highest BCUT2D eigenvalue weighted by Crippen LogP contribution is 2.38. The van der Waals surface area contributed by atoms with Crippen LogP contribution < -0.4 is 10.2 Å². The lowest BCUT2D eigenvalue weighted by molar-refractivity contribution is -0.129. The fraction of sp³-hybridized carbons (Fsp3) is 0.471. The van der Waals surface area contributed by atoms with Gasteiger partial charge in [0.15, 0.2) is 0 Å². The number of amides is 1. The van der Waals surface area contributed by atoms with Gasteiger partial charge >= 0.3 is 0 Å². The first-order valence-corrected chi connectivity index (χ1v) is 9.33. The molecule has 0 spiro atoms. The third-order valence-corrected chi connectivity index (χ3v) is 5.94. The lowest BCUT2D eigenvalue weighted by atomic mass is 10.0. The van der Waals surface area contributed by atoms with E-state index in [9.17, 15) is 4.79 Å². The van der Waals surface area contributed by atoms with Crippen molar-refractivity contribution >= 4 is 17.7 Å². The summed E-state index contributed by atoms with van der Waals surface area (Å²) in [4.78, 5) is 15.1. The Hall–Kier alpha value is -2.22. The number of rotatable bonds is 3. The number of likely N-dealkylation sites (tertiary alicyclic amines) is 1. The van der Waals surface area contributed by atoms with Crippen LogP contribution in [0.1, 0.15) is 30.3 Å². The third kappa shape index (κ3) is 2.95. The van der Waals surface area contributed by atoms with Crippen LogP contribution in [-0.2, 0) is 4.79 Å². The molecule has 0 bridgehead atoms. The molecule has 1 aromatic heterocycles. The van der Waals surface area contributed by atoms with Gasteiger partial charge in [-0.25, -0.2) is 4.68 Å². The molecule has 0 saturated carbocycles. The molecule has 7 nitrogen and oxygen atoms in total. The van der Waals surface area contributed by atoms with E-state index in [0.29, 0.717) is 0 Å². The number of carbonyl (C=O) groups excluding carboxylic acids is 1. The van der Waals surface area contributed by atoms with Crippen molar-refractivity contribution in [3.05, 3.63) is 35.7 Å². The predicted molar refractivity (Wildman–Crippen MR) is 95.3 cm³/mol. The average Bonchev–Trinajstić information content (AvgIpc) is 3.31. The second-order valence-corrected chi connectivity index (χ2v) is 7.42. The Labute approximate surface area is 150 Å². The van der Waals surface area contributed by atoms with Crippen molar-refractivity contribution in [1.82, 2.24) is 19.8 Å². The largest absolute Gasteiger partial charge is 0.497 e. The van der Waals surface area contributed by atoms with Crippen molar-refractivity contribution in [3.8, 4) is 5.75 Å². The Morgan fingerprint density at radius 3 is 2.64 bits per heavy atom. The number of benzene rings is 1. The van der Waals surface area contributed by atoms with E-state index >= 15 is 0 Å². The zero-order valence-corrected chi connectivity index (χ0v) is 15.1. The fourth-order valence-electron chi connectivity index (χ4n) is 3.33. The monoisotopic (exact) mass is 359 g/mol. The van der Waals surface area contributed by atoms with Crippen LogP contribution in [0, 0.1) is 6.92 Å². The maximum absolute atomic E-state index is 13.1. The van der Waals surface area contributed by atoms with Crippen molar-refractivity contribution in [2.45, 2.75) is 36.2 Å². The van der Waals surface area contributed by atoms with Crippen LogP contribution in [0.15, 0.2) is 29.4 Å². The van der Waals surface area contributed by atoms with Crippen LogP contribution in [0.4, 0.5) is 0 Å². The molecular formula is C17H21N5O2S. The number of nitrogens with one attached hydrogen (secondary N) is 1. The molecule has 1 fully saturated rings. The molecule has 4 rings (SSSR count). The Kier molecular flexibility index (Phi) is 4.29. The van der Waals surface area contributed by atoms with Gasteiger partial charge in [0, 0.05) is 13.1 Å². The number of ether oxygens (including phenoxy) is 1. The Morgan fingerprint density at radius 2 is 1.96 bits per heavy atom. The molecule has 0 aliphatic carbocycles. The highest BCUT2D eigenvalue weighted by Gasteiger charge is 2.39. The molecule has 2 unspecified atom stereocenters. The summed E-state index contributed by atoms with van der Waals surface area (Å²) in [5.41, 5.74) is 4.48. The van der Waals surface area contributed by atoms with Gasteiger partial charge in [0.05, 0.1) is 13.2 Å². The van der Waals surface area contributed by atoms with Crippen LogP contribution in [-0.4, -0.2) is 51.1 Å². The van der Waals surface area contributed by atoms with Gasteiger partial charge in [0.25, 0.3) is 0 Å². The molecule has 1 saturated heterocycles. The van der Waals surface area contributed by atoms with Crippen LogP contribution >= 0.6 is 11.8 Å². The zero-order chi connectivity index (χ0) is 17.4. The molecule has 1 N–H and O–H groups in total. The van der Waals surface area contributed by atoms with Gasteiger partial charge in [-0.1, -0.05) is 23.9 Å². The second-order valence-electron chi connectivity index (χ2n) is 6.32. The number of hydrogen-bond donors (Lipinski definition) is 1. The molecule has 25 heavy (non-hydrogen) atoms. The zero-order valence-electron chi connectivity index (χ0n) is 14.3. The van der Waals surface area contributed by atoms with Crippen LogP contribution in [0.2, 0.25) is 0 Å². The number of nitrogens with zero attached hydrogens (tertiary/aromatic N) is 4. The molecule has 0 radical (unpaired) electrons. The van der Waals surface area contributed by atoms with Gasteiger partial charge in [-0.2, -0.15) is 0 Å². The Morgan fingerprint density at radius 1 is 1.24 bits per heavy atom. The fourth-order valence-corrected chi connectivity index (χ4v) is 4.54. The summed E-state index contributed by atoms with van der Waals surface area (Å²) in [7, 11) is 1.65. The van der Waals surface area contributed by atoms with Gasteiger partial charge < -0.3 is 15.1 Å². The first-order chi connectivity index (χ1) is 12.2. The summed E-state index contributed by atoms with van der Waals surface area (Å²) in [5, 5.41) is 8.80. The van der Waals surface area contributed by atoms with Crippen LogP contribution in [0.5, 0.6) is 5.75 Å². The van der Waals surface area contributed by atoms with Crippen molar-refractivity contribution in [2.75, 3.05) is 25.6 Å². The van der Waals surface area contributed by atoms with E-state index in [1.165, 1.54) is 11.8 Å². The molecular weight excluding hydrogens is 338 g/mol. The Balaban J connectivity index is 1.68. The topological polar surface area (TPSA) is 72.3 Å². The number of hydrogen-bond acceptors (Lipinski definition) is 6. The van der Waals surface area contributed by atoms with Crippen LogP contribution in [0.25, 0.3) is 0 Å². The highest BCUT2D eigenvalue weighted by atomic mass is 32.2. The van der Waals surface area contributed by atoms with Gasteiger partial charge in [-0.3, -0.25) is 4.79 Å². The summed E-state index contributed by atoms with van der Waals surface area (Å²) < 4.78 is 7.12. The predicted octanol–water partition coefficient (Wildman–Crippen LogP) is 1.98. The number of thioether (sulfide) groups is 1. The molecule has 1 amide bonds. The van der Waals surface area contributed by atoms with Crippen LogP contribution in [0.3, 0.4) is 0 Å². The first kappa shape index (κ1) is 16.3. The van der Waals surface area contributed by atoms with Gasteiger partial charge in [-0.05, 0) is 37.5 Å². The number of fused-ring (bicyclic) bond motifs is 1. The van der Waals surface area contributed by atoms with Gasteiger partial charge in [-0.15, -0.1) is 10.2 Å². The van der Waals surface area contributed by atoms with E-state index in [2.05, 4.69) is 15.6 Å². The van der Waals surface area contributed by atoms with Gasteiger partial charge in [0.1, 0.15) is 16.8 Å². The molecule has 8 heteroatoms. The number of carbonyl (C=O) groups is 1. The van der Waals surface area contributed by atoms with E-state index in [1.807, 2.05) is 40.8 Å². The molecule has 1 aromatic carbocycles. The summed E-state index contributed by atoms with van der Waals surface area (Å²) in [6.07, 6.45) is 2.16. The standard InChI is InChI=1S/C17H21N5O2S/c1-11-18-19-17-22(11)20-14(12-5-7-13(24-2)8-6-12)15(25-17)16(23)21-9-3-4-10-21/h5-8,14-15,20H,3-4,9-10H2,1-2H3. The van der Waals surface area contributed by atoms with Crippen molar-refractivity contribution in [3.63, 3.8) is 0 Å². The molecule has 2 aromatic rings. The maximum Gasteiger partial charge on any atom is 0.238 e. The van der Waals surface area contributed by atoms with E-state index < -0.39 is 0 Å².